The highest BCUT2D eigenvalue weighted by molar-refractivity contribution is 6.19. The van der Waals surface area contributed by atoms with Crippen molar-refractivity contribution in [1.82, 2.24) is 29.9 Å². The van der Waals surface area contributed by atoms with E-state index >= 15 is 0 Å². The SMILES string of the molecule is c1ccc2c(c1)cc(-c1cc(-c3cc4ccccc4c4ccccc34)c3nc(-c4ccc(-c5cnc6ccccc6n5)cc4)nc(-c4ccc(-c5cnc6ccccc6n5)cc4)c3c1)c1ccccc12. The molecule has 14 rings (SSSR count). The molecule has 6 heteroatoms. The summed E-state index contributed by atoms with van der Waals surface area (Å²) in [5, 5.41) is 10.5. The van der Waals surface area contributed by atoms with E-state index in [1.807, 2.05) is 60.9 Å². The van der Waals surface area contributed by atoms with Gasteiger partial charge in [-0.15, -0.1) is 0 Å². The monoisotopic (exact) mass is 890 g/mol. The maximum atomic E-state index is 5.62. The zero-order chi connectivity index (χ0) is 46.1. The highest BCUT2D eigenvalue weighted by atomic mass is 14.9. The summed E-state index contributed by atoms with van der Waals surface area (Å²) >= 11 is 0. The zero-order valence-electron chi connectivity index (χ0n) is 37.6. The number of rotatable bonds is 6. The van der Waals surface area contributed by atoms with Crippen LogP contribution < -0.4 is 0 Å². The van der Waals surface area contributed by atoms with Gasteiger partial charge in [0.1, 0.15) is 0 Å². The standard InChI is InChI=1S/C64H38N6/c1-3-15-46-43(13-1)33-52(50-19-7-5-17-48(46)50)45-35-54(53-34-44-14-2-4-16-47(44)49-18-6-8-20-51(49)53)63-55(36-45)62(41-29-25-39(26-30-41)60-37-65-56-21-9-11-23-58(56)67-60)69-64(70-63)42-31-27-40(28-32-42)61-38-66-57-22-10-12-24-59(57)68-61/h1-38H. The van der Waals surface area contributed by atoms with E-state index in [1.54, 1.807) is 0 Å². The second-order valence-corrected chi connectivity index (χ2v) is 17.8. The lowest BCUT2D eigenvalue weighted by molar-refractivity contribution is 1.23. The lowest BCUT2D eigenvalue weighted by atomic mass is 9.87. The first-order valence-electron chi connectivity index (χ1n) is 23.5. The van der Waals surface area contributed by atoms with Crippen molar-refractivity contribution in [3.8, 4) is 67.4 Å². The fourth-order valence-corrected chi connectivity index (χ4v) is 10.3. The van der Waals surface area contributed by atoms with E-state index in [2.05, 4.69) is 170 Å². The molecule has 3 aromatic heterocycles. The normalized spacial score (nSPS) is 11.7. The molecule has 324 valence electrons. The van der Waals surface area contributed by atoms with Crippen LogP contribution >= 0.6 is 0 Å². The molecule has 0 aliphatic heterocycles. The number of para-hydroxylation sites is 4. The average Bonchev–Trinajstić information content (AvgIpc) is 3.44. The first-order chi connectivity index (χ1) is 34.7. The maximum Gasteiger partial charge on any atom is 0.160 e. The van der Waals surface area contributed by atoms with Crippen molar-refractivity contribution >= 4 is 76.1 Å². The predicted molar refractivity (Wildman–Crippen MR) is 288 cm³/mol. The summed E-state index contributed by atoms with van der Waals surface area (Å²) in [6.07, 6.45) is 3.69. The second kappa shape index (κ2) is 16.1. The van der Waals surface area contributed by atoms with Crippen molar-refractivity contribution in [2.45, 2.75) is 0 Å². The van der Waals surface area contributed by atoms with Crippen LogP contribution in [0.2, 0.25) is 0 Å². The van der Waals surface area contributed by atoms with Crippen LogP contribution in [-0.4, -0.2) is 29.9 Å². The van der Waals surface area contributed by atoms with Gasteiger partial charge in [-0.25, -0.2) is 19.9 Å². The van der Waals surface area contributed by atoms with E-state index in [4.69, 9.17) is 29.9 Å². The highest BCUT2D eigenvalue weighted by Gasteiger charge is 2.21. The number of hydrogen-bond donors (Lipinski definition) is 0. The average molecular weight is 891 g/mol. The molecule has 0 aliphatic rings. The first kappa shape index (κ1) is 39.6. The Bertz CT molecular complexity index is 4410. The van der Waals surface area contributed by atoms with E-state index in [9.17, 15) is 0 Å². The van der Waals surface area contributed by atoms with Gasteiger partial charge in [-0.05, 0) is 108 Å². The third-order valence-corrected chi connectivity index (χ3v) is 13.7. The molecule has 3 heterocycles. The number of hydrogen-bond acceptors (Lipinski definition) is 6. The van der Waals surface area contributed by atoms with Crippen LogP contribution in [0.5, 0.6) is 0 Å². The minimum atomic E-state index is 0.623. The lowest BCUT2D eigenvalue weighted by Gasteiger charge is -2.18. The Kier molecular flexibility index (Phi) is 9.10. The molecule has 14 aromatic rings. The summed E-state index contributed by atoms with van der Waals surface area (Å²) in [5.41, 5.74) is 14.9. The number of fused-ring (bicyclic) bond motifs is 9. The van der Waals surface area contributed by atoms with Crippen molar-refractivity contribution in [1.29, 1.82) is 0 Å². The fourth-order valence-electron chi connectivity index (χ4n) is 10.3. The molecule has 0 radical (unpaired) electrons. The third-order valence-electron chi connectivity index (χ3n) is 13.7. The first-order valence-corrected chi connectivity index (χ1v) is 23.5. The minimum Gasteiger partial charge on any atom is -0.252 e. The second-order valence-electron chi connectivity index (χ2n) is 17.8. The number of nitrogens with zero attached hydrogens (tertiary/aromatic N) is 6. The number of aromatic nitrogens is 6. The Morgan fingerprint density at radius 2 is 0.700 bits per heavy atom. The van der Waals surface area contributed by atoms with Crippen LogP contribution in [0.25, 0.3) is 143 Å². The Labute approximate surface area is 402 Å². The largest absolute Gasteiger partial charge is 0.252 e. The van der Waals surface area contributed by atoms with Crippen LogP contribution in [0.4, 0.5) is 0 Å². The van der Waals surface area contributed by atoms with E-state index < -0.39 is 0 Å². The molecule has 0 atom stereocenters. The molecule has 0 saturated carbocycles. The van der Waals surface area contributed by atoms with Crippen molar-refractivity contribution in [2.75, 3.05) is 0 Å². The number of benzene rings is 11. The van der Waals surface area contributed by atoms with Crippen LogP contribution in [0.1, 0.15) is 0 Å². The van der Waals surface area contributed by atoms with E-state index in [0.29, 0.717) is 5.82 Å². The van der Waals surface area contributed by atoms with Gasteiger partial charge in [0.15, 0.2) is 5.82 Å². The smallest absolute Gasteiger partial charge is 0.160 e. The molecule has 0 fully saturated rings. The van der Waals surface area contributed by atoms with Gasteiger partial charge in [-0.1, -0.05) is 170 Å². The van der Waals surface area contributed by atoms with E-state index in [-0.39, 0.29) is 0 Å². The van der Waals surface area contributed by atoms with Gasteiger partial charge in [0, 0.05) is 33.2 Å². The summed E-state index contributed by atoms with van der Waals surface area (Å²) < 4.78 is 0. The van der Waals surface area contributed by atoms with Crippen molar-refractivity contribution in [3.05, 3.63) is 231 Å². The molecule has 0 aliphatic carbocycles. The molecule has 0 spiro atoms. The zero-order valence-corrected chi connectivity index (χ0v) is 37.6. The molecule has 0 bridgehead atoms. The topological polar surface area (TPSA) is 77.3 Å². The van der Waals surface area contributed by atoms with Gasteiger partial charge in [-0.2, -0.15) is 0 Å². The van der Waals surface area contributed by atoms with Gasteiger partial charge in [-0.3, -0.25) is 9.97 Å². The molecular weight excluding hydrogens is 853 g/mol. The highest BCUT2D eigenvalue weighted by Crippen LogP contribution is 2.45. The Morgan fingerprint density at radius 3 is 1.27 bits per heavy atom. The molecule has 11 aromatic carbocycles. The Morgan fingerprint density at radius 1 is 0.257 bits per heavy atom. The van der Waals surface area contributed by atoms with Gasteiger partial charge in [0.2, 0.25) is 0 Å². The van der Waals surface area contributed by atoms with E-state index in [0.717, 1.165) is 99.9 Å². The summed E-state index contributed by atoms with van der Waals surface area (Å²) in [5.74, 6) is 0.623. The molecule has 0 unspecified atom stereocenters. The van der Waals surface area contributed by atoms with Crippen molar-refractivity contribution in [3.63, 3.8) is 0 Å². The van der Waals surface area contributed by atoms with Crippen molar-refractivity contribution < 1.29 is 0 Å². The summed E-state index contributed by atoms with van der Waals surface area (Å²) in [4.78, 5) is 30.5. The molecule has 6 nitrogen and oxygen atoms in total. The molecule has 0 N–H and O–H groups in total. The van der Waals surface area contributed by atoms with Crippen molar-refractivity contribution in [2.24, 2.45) is 0 Å². The van der Waals surface area contributed by atoms with Gasteiger partial charge >= 0.3 is 0 Å². The summed E-state index contributed by atoms with van der Waals surface area (Å²) in [6.45, 7) is 0. The van der Waals surface area contributed by atoms with Crippen LogP contribution in [0.15, 0.2) is 231 Å². The quantitative estimate of drug-likeness (QED) is 0.155. The van der Waals surface area contributed by atoms with Crippen LogP contribution in [0.3, 0.4) is 0 Å². The molecule has 0 saturated heterocycles. The summed E-state index contributed by atoms with van der Waals surface area (Å²) in [6, 6.07) is 77.1. The Balaban J connectivity index is 1.04. The molecule has 70 heavy (non-hydrogen) atoms. The van der Waals surface area contributed by atoms with Gasteiger partial charge in [0.25, 0.3) is 0 Å². The van der Waals surface area contributed by atoms with E-state index in [1.165, 1.54) is 37.7 Å². The van der Waals surface area contributed by atoms with Crippen LogP contribution in [-0.2, 0) is 0 Å². The maximum absolute atomic E-state index is 5.62. The Hall–Kier alpha value is -9.52. The molecular formula is C64H38N6. The van der Waals surface area contributed by atoms with Gasteiger partial charge in [0.05, 0.1) is 57.1 Å². The summed E-state index contributed by atoms with van der Waals surface area (Å²) in [7, 11) is 0. The fraction of sp³-hybridized carbons (Fsp3) is 0. The molecule has 0 amide bonds. The third kappa shape index (κ3) is 6.65. The van der Waals surface area contributed by atoms with Gasteiger partial charge < -0.3 is 0 Å². The predicted octanol–water partition coefficient (Wildman–Crippen LogP) is 16.1. The van der Waals surface area contributed by atoms with Crippen LogP contribution in [0, 0.1) is 0 Å². The lowest BCUT2D eigenvalue weighted by Crippen LogP contribution is -1.99. The minimum absolute atomic E-state index is 0.623.